The lowest BCUT2D eigenvalue weighted by atomic mass is 10.2. The molecular weight excluding hydrogens is 256 g/mol. The summed E-state index contributed by atoms with van der Waals surface area (Å²) >= 11 is 0. The molecule has 0 saturated carbocycles. The third kappa shape index (κ3) is 5.06. The van der Waals surface area contributed by atoms with Crippen LogP contribution in [0.5, 0.6) is 0 Å². The molecule has 0 radical (unpaired) electrons. The molecule has 0 bridgehead atoms. The maximum absolute atomic E-state index is 11.7. The Morgan fingerprint density at radius 2 is 2.20 bits per heavy atom. The van der Waals surface area contributed by atoms with E-state index in [1.165, 1.54) is 18.3 Å². The number of carbonyl (C=O) groups excluding carboxylic acids is 2. The van der Waals surface area contributed by atoms with Crippen molar-refractivity contribution in [3.63, 3.8) is 0 Å². The first-order valence-corrected chi connectivity index (χ1v) is 6.50. The lowest BCUT2D eigenvalue weighted by Crippen LogP contribution is -2.35. The van der Waals surface area contributed by atoms with Gasteiger partial charge in [0, 0.05) is 25.2 Å². The van der Waals surface area contributed by atoms with Crippen molar-refractivity contribution in [1.82, 2.24) is 15.6 Å². The first kappa shape index (κ1) is 15.6. The van der Waals surface area contributed by atoms with E-state index in [9.17, 15) is 9.59 Å². The minimum Gasteiger partial charge on any atom is -0.354 e. The van der Waals surface area contributed by atoms with Gasteiger partial charge in [0.05, 0.1) is 5.56 Å². The van der Waals surface area contributed by atoms with Gasteiger partial charge >= 0.3 is 0 Å². The predicted molar refractivity (Wildman–Crippen MR) is 73.8 cm³/mol. The van der Waals surface area contributed by atoms with Crippen molar-refractivity contribution in [3.8, 4) is 6.07 Å². The SMILES string of the molecule is CCC(C)NC(=O)CCNC(=O)c1ccc(C#N)cn1. The first-order chi connectivity index (χ1) is 9.56. The van der Waals surface area contributed by atoms with E-state index in [1.54, 1.807) is 0 Å². The van der Waals surface area contributed by atoms with Crippen LogP contribution >= 0.6 is 0 Å². The number of hydrogen-bond donors (Lipinski definition) is 2. The maximum Gasteiger partial charge on any atom is 0.269 e. The first-order valence-electron chi connectivity index (χ1n) is 6.50. The molecule has 0 aliphatic rings. The van der Waals surface area contributed by atoms with Crippen molar-refractivity contribution < 1.29 is 9.59 Å². The summed E-state index contributed by atoms with van der Waals surface area (Å²) in [4.78, 5) is 27.1. The molecule has 1 atom stereocenters. The molecule has 1 heterocycles. The smallest absolute Gasteiger partial charge is 0.269 e. The van der Waals surface area contributed by atoms with Gasteiger partial charge in [-0.15, -0.1) is 0 Å². The van der Waals surface area contributed by atoms with Crippen molar-refractivity contribution >= 4 is 11.8 Å². The minimum absolute atomic E-state index is 0.0903. The van der Waals surface area contributed by atoms with E-state index in [0.717, 1.165) is 6.42 Å². The third-order valence-corrected chi connectivity index (χ3v) is 2.78. The van der Waals surface area contributed by atoms with Crippen molar-refractivity contribution in [1.29, 1.82) is 5.26 Å². The molecule has 1 unspecified atom stereocenters. The summed E-state index contributed by atoms with van der Waals surface area (Å²) in [5.41, 5.74) is 0.626. The Bertz CT molecular complexity index is 505. The maximum atomic E-state index is 11.7. The van der Waals surface area contributed by atoms with Crippen LogP contribution in [0.2, 0.25) is 0 Å². The fraction of sp³-hybridized carbons (Fsp3) is 0.429. The van der Waals surface area contributed by atoms with Gasteiger partial charge in [-0.2, -0.15) is 5.26 Å². The largest absolute Gasteiger partial charge is 0.354 e. The van der Waals surface area contributed by atoms with Gasteiger partial charge in [-0.25, -0.2) is 4.98 Å². The van der Waals surface area contributed by atoms with Gasteiger partial charge in [0.15, 0.2) is 0 Å². The highest BCUT2D eigenvalue weighted by Gasteiger charge is 2.09. The van der Waals surface area contributed by atoms with Gasteiger partial charge in [0.25, 0.3) is 5.91 Å². The zero-order chi connectivity index (χ0) is 15.0. The Hall–Kier alpha value is -2.42. The van der Waals surface area contributed by atoms with Crippen molar-refractivity contribution in [2.75, 3.05) is 6.54 Å². The topological polar surface area (TPSA) is 94.9 Å². The molecule has 1 aromatic rings. The van der Waals surface area contributed by atoms with Gasteiger partial charge in [-0.1, -0.05) is 6.92 Å². The Morgan fingerprint density at radius 1 is 1.45 bits per heavy atom. The van der Waals surface area contributed by atoms with Crippen LogP contribution in [0.1, 0.15) is 42.7 Å². The summed E-state index contributed by atoms with van der Waals surface area (Å²) < 4.78 is 0. The number of aromatic nitrogens is 1. The van der Waals surface area contributed by atoms with E-state index >= 15 is 0 Å². The quantitative estimate of drug-likeness (QED) is 0.808. The molecule has 2 amide bonds. The van der Waals surface area contributed by atoms with Gasteiger partial charge in [-0.05, 0) is 25.5 Å². The Morgan fingerprint density at radius 3 is 2.75 bits per heavy atom. The molecule has 0 aromatic carbocycles. The molecule has 0 fully saturated rings. The number of hydrogen-bond acceptors (Lipinski definition) is 4. The second-order valence-electron chi connectivity index (χ2n) is 4.43. The summed E-state index contributed by atoms with van der Waals surface area (Å²) in [5.74, 6) is -0.446. The molecule has 2 N–H and O–H groups in total. The fourth-order valence-electron chi connectivity index (χ4n) is 1.42. The molecule has 106 valence electrons. The van der Waals surface area contributed by atoms with Crippen LogP contribution in [0.25, 0.3) is 0 Å². The average Bonchev–Trinajstić information content (AvgIpc) is 2.47. The van der Waals surface area contributed by atoms with E-state index < -0.39 is 0 Å². The van der Waals surface area contributed by atoms with Crippen molar-refractivity contribution in [2.45, 2.75) is 32.7 Å². The Kier molecular flexibility index (Phi) is 6.17. The van der Waals surface area contributed by atoms with E-state index in [4.69, 9.17) is 5.26 Å². The summed E-state index contributed by atoms with van der Waals surface area (Å²) in [7, 11) is 0. The monoisotopic (exact) mass is 274 g/mol. The average molecular weight is 274 g/mol. The van der Waals surface area contributed by atoms with Crippen LogP contribution in [0.3, 0.4) is 0 Å². The highest BCUT2D eigenvalue weighted by molar-refractivity contribution is 5.92. The number of rotatable bonds is 6. The number of nitriles is 1. The van der Waals surface area contributed by atoms with Crippen molar-refractivity contribution in [2.24, 2.45) is 0 Å². The van der Waals surface area contributed by atoms with Crippen LogP contribution in [-0.4, -0.2) is 29.4 Å². The minimum atomic E-state index is -0.356. The van der Waals surface area contributed by atoms with Crippen LogP contribution in [0, 0.1) is 11.3 Å². The lowest BCUT2D eigenvalue weighted by molar-refractivity contribution is -0.121. The number of carbonyl (C=O) groups is 2. The van der Waals surface area contributed by atoms with Crippen molar-refractivity contribution in [3.05, 3.63) is 29.6 Å². The second-order valence-corrected chi connectivity index (χ2v) is 4.43. The summed E-state index contributed by atoms with van der Waals surface area (Å²) in [5, 5.41) is 14.1. The highest BCUT2D eigenvalue weighted by atomic mass is 16.2. The van der Waals surface area contributed by atoms with Crippen LogP contribution in [0.15, 0.2) is 18.3 Å². The van der Waals surface area contributed by atoms with E-state index in [0.29, 0.717) is 5.56 Å². The second kappa shape index (κ2) is 7.89. The molecule has 6 heteroatoms. The molecule has 0 aliphatic carbocycles. The van der Waals surface area contributed by atoms with E-state index in [1.807, 2.05) is 19.9 Å². The number of nitrogens with zero attached hydrogens (tertiary/aromatic N) is 2. The molecule has 6 nitrogen and oxygen atoms in total. The summed E-state index contributed by atoms with van der Waals surface area (Å²) in [6.45, 7) is 4.17. The number of nitrogens with one attached hydrogen (secondary N) is 2. The fourth-order valence-corrected chi connectivity index (χ4v) is 1.42. The van der Waals surface area contributed by atoms with Gasteiger partial charge < -0.3 is 10.6 Å². The molecule has 0 saturated heterocycles. The zero-order valence-electron chi connectivity index (χ0n) is 11.6. The van der Waals surface area contributed by atoms with Crippen LogP contribution < -0.4 is 10.6 Å². The normalized spacial score (nSPS) is 11.2. The molecule has 20 heavy (non-hydrogen) atoms. The Labute approximate surface area is 118 Å². The predicted octanol–water partition coefficient (Wildman–Crippen LogP) is 0.988. The van der Waals surface area contributed by atoms with E-state index in [-0.39, 0.29) is 36.5 Å². The molecule has 1 aromatic heterocycles. The van der Waals surface area contributed by atoms with Gasteiger partial charge in [0.2, 0.25) is 5.91 Å². The zero-order valence-corrected chi connectivity index (χ0v) is 11.6. The number of pyridine rings is 1. The molecule has 1 rings (SSSR count). The van der Waals surface area contributed by atoms with Gasteiger partial charge in [-0.3, -0.25) is 9.59 Å². The Balaban J connectivity index is 2.36. The molecule has 0 aliphatic heterocycles. The molecular formula is C14H18N4O2. The lowest BCUT2D eigenvalue weighted by Gasteiger charge is -2.11. The van der Waals surface area contributed by atoms with Crippen LogP contribution in [0.4, 0.5) is 0 Å². The highest BCUT2D eigenvalue weighted by Crippen LogP contribution is 1.98. The summed E-state index contributed by atoms with van der Waals surface area (Å²) in [6, 6.07) is 5.07. The standard InChI is InChI=1S/C14H18N4O2/c1-3-10(2)18-13(19)6-7-16-14(20)12-5-4-11(8-15)9-17-12/h4-5,9-10H,3,6-7H2,1-2H3,(H,16,20)(H,18,19). The summed E-state index contributed by atoms with van der Waals surface area (Å²) in [6.07, 6.45) is 2.43. The number of amides is 2. The van der Waals surface area contributed by atoms with Crippen LogP contribution in [-0.2, 0) is 4.79 Å². The van der Waals surface area contributed by atoms with E-state index in [2.05, 4.69) is 15.6 Å². The molecule has 0 spiro atoms. The van der Waals surface area contributed by atoms with Gasteiger partial charge in [0.1, 0.15) is 11.8 Å². The third-order valence-electron chi connectivity index (χ3n) is 2.78.